The normalized spacial score (nSPS) is 25.6. The van der Waals surface area contributed by atoms with Crippen LogP contribution >= 0.6 is 0 Å². The minimum Gasteiger partial charge on any atom is -0.444 e. The summed E-state index contributed by atoms with van der Waals surface area (Å²) in [5.41, 5.74) is 3.96. The maximum atomic E-state index is 12.6. The van der Waals surface area contributed by atoms with E-state index in [9.17, 15) is 9.59 Å². The van der Waals surface area contributed by atoms with Gasteiger partial charge < -0.3 is 14.6 Å². The van der Waals surface area contributed by atoms with Crippen LogP contribution in [0.25, 0.3) is 22.0 Å². The third kappa shape index (κ3) is 3.35. The number of piperidine rings is 1. The SMILES string of the molecule is Cc1cccc2c(=O)[nH]c(-c3ccc(CN4CC56CC5N(C(=O)OC(C)(C)C)CC46)cc3)cc12. The van der Waals surface area contributed by atoms with Crippen LogP contribution in [0.1, 0.15) is 38.3 Å². The molecule has 6 heteroatoms. The van der Waals surface area contributed by atoms with E-state index in [1.807, 2.05) is 50.8 Å². The number of aryl methyl sites for hydroxylation is 1. The average molecular weight is 458 g/mol. The van der Waals surface area contributed by atoms with Crippen molar-refractivity contribution in [3.8, 4) is 11.3 Å². The molecule has 176 valence electrons. The quantitative estimate of drug-likeness (QED) is 0.619. The van der Waals surface area contributed by atoms with E-state index in [4.69, 9.17) is 4.74 Å². The van der Waals surface area contributed by atoms with Crippen LogP contribution in [0.15, 0.2) is 53.3 Å². The molecule has 1 N–H and O–H groups in total. The number of aromatic amines is 1. The monoisotopic (exact) mass is 457 g/mol. The summed E-state index contributed by atoms with van der Waals surface area (Å²) in [5, 5.41) is 1.72. The summed E-state index contributed by atoms with van der Waals surface area (Å²) < 4.78 is 5.63. The number of carbonyl (C=O) groups excluding carboxylic acids is 1. The molecule has 2 aliphatic heterocycles. The lowest BCUT2D eigenvalue weighted by molar-refractivity contribution is 0.00265. The number of rotatable bonds is 3. The summed E-state index contributed by atoms with van der Waals surface area (Å²) in [6.45, 7) is 10.5. The molecule has 1 saturated carbocycles. The Balaban J connectivity index is 1.16. The van der Waals surface area contributed by atoms with Gasteiger partial charge >= 0.3 is 6.09 Å². The van der Waals surface area contributed by atoms with Crippen molar-refractivity contribution in [3.63, 3.8) is 0 Å². The molecule has 3 fully saturated rings. The molecule has 1 aromatic heterocycles. The molecule has 1 spiro atoms. The van der Waals surface area contributed by atoms with Crippen molar-refractivity contribution in [2.24, 2.45) is 5.41 Å². The van der Waals surface area contributed by atoms with Crippen LogP contribution in [-0.2, 0) is 11.3 Å². The van der Waals surface area contributed by atoms with Crippen molar-refractivity contribution >= 4 is 16.9 Å². The average Bonchev–Trinajstić information content (AvgIpc) is 3.45. The predicted molar refractivity (Wildman–Crippen MR) is 133 cm³/mol. The van der Waals surface area contributed by atoms with E-state index < -0.39 is 5.60 Å². The van der Waals surface area contributed by atoms with Gasteiger partial charge in [-0.3, -0.25) is 9.69 Å². The van der Waals surface area contributed by atoms with Gasteiger partial charge in [0.15, 0.2) is 0 Å². The van der Waals surface area contributed by atoms with Gasteiger partial charge in [0.1, 0.15) is 5.60 Å². The minimum absolute atomic E-state index is 0.0547. The zero-order valence-corrected chi connectivity index (χ0v) is 20.2. The molecule has 2 saturated heterocycles. The standard InChI is InChI=1S/C28H31N3O3/c1-17-6-5-7-20-21(17)12-22(29-25(20)32)19-10-8-18(9-11-19)14-30-16-28-13-23(28)31(15-24(28)30)26(33)34-27(2,3)4/h5-12,23-24H,13-16H2,1-4H3,(H,29,32). The number of aromatic nitrogens is 1. The lowest BCUT2D eigenvalue weighted by Gasteiger charge is -2.46. The molecule has 1 amide bonds. The first-order chi connectivity index (χ1) is 16.1. The van der Waals surface area contributed by atoms with Crippen molar-refractivity contribution < 1.29 is 9.53 Å². The molecule has 34 heavy (non-hydrogen) atoms. The molecule has 3 heterocycles. The molecule has 0 bridgehead atoms. The smallest absolute Gasteiger partial charge is 0.410 e. The molecule has 0 radical (unpaired) electrons. The van der Waals surface area contributed by atoms with Crippen molar-refractivity contribution in [3.05, 3.63) is 70.0 Å². The number of benzene rings is 2. The second kappa shape index (κ2) is 7.19. The van der Waals surface area contributed by atoms with Gasteiger partial charge in [0.2, 0.25) is 0 Å². The Morgan fingerprint density at radius 1 is 1.12 bits per heavy atom. The van der Waals surface area contributed by atoms with Gasteiger partial charge in [-0.2, -0.15) is 0 Å². The van der Waals surface area contributed by atoms with Gasteiger partial charge in [-0.25, -0.2) is 4.79 Å². The first kappa shape index (κ1) is 21.4. The Bertz CT molecular complexity index is 1350. The van der Waals surface area contributed by atoms with Crippen molar-refractivity contribution in [1.82, 2.24) is 14.8 Å². The molecular weight excluding hydrogens is 426 g/mol. The maximum absolute atomic E-state index is 12.6. The number of likely N-dealkylation sites (tertiary alicyclic amines) is 2. The van der Waals surface area contributed by atoms with Gasteiger partial charge in [-0.15, -0.1) is 0 Å². The zero-order valence-electron chi connectivity index (χ0n) is 20.2. The lowest BCUT2D eigenvalue weighted by Crippen LogP contribution is -2.58. The van der Waals surface area contributed by atoms with Crippen LogP contribution in [-0.4, -0.2) is 51.7 Å². The van der Waals surface area contributed by atoms with E-state index in [0.717, 1.165) is 53.6 Å². The van der Waals surface area contributed by atoms with E-state index in [1.54, 1.807) is 0 Å². The fourth-order valence-corrected chi connectivity index (χ4v) is 6.01. The highest BCUT2D eigenvalue weighted by atomic mass is 16.6. The molecule has 6 nitrogen and oxygen atoms in total. The summed E-state index contributed by atoms with van der Waals surface area (Å²) in [5.74, 6) is 0. The molecule has 3 atom stereocenters. The minimum atomic E-state index is -0.462. The fraction of sp³-hybridized carbons (Fsp3) is 0.429. The van der Waals surface area contributed by atoms with Crippen LogP contribution in [0, 0.1) is 12.3 Å². The molecular formula is C28H31N3O3. The Morgan fingerprint density at radius 3 is 2.62 bits per heavy atom. The number of amides is 1. The Kier molecular flexibility index (Phi) is 4.53. The second-order valence-corrected chi connectivity index (χ2v) is 11.3. The largest absolute Gasteiger partial charge is 0.444 e. The zero-order chi connectivity index (χ0) is 23.8. The van der Waals surface area contributed by atoms with Gasteiger partial charge in [-0.1, -0.05) is 36.4 Å². The molecule has 6 rings (SSSR count). The maximum Gasteiger partial charge on any atom is 0.410 e. The number of pyridine rings is 1. The number of nitrogens with zero attached hydrogens (tertiary/aromatic N) is 2. The van der Waals surface area contributed by atoms with E-state index in [0.29, 0.717) is 17.5 Å². The highest BCUT2D eigenvalue weighted by Gasteiger charge is 2.75. The Hall–Kier alpha value is -3.12. The number of carbonyl (C=O) groups is 1. The number of nitrogens with one attached hydrogen (secondary N) is 1. The Morgan fingerprint density at radius 2 is 1.88 bits per heavy atom. The second-order valence-electron chi connectivity index (χ2n) is 11.3. The number of hydrogen-bond donors (Lipinski definition) is 1. The van der Waals surface area contributed by atoms with Crippen molar-refractivity contribution in [2.45, 2.75) is 58.3 Å². The third-order valence-corrected chi connectivity index (χ3v) is 7.81. The summed E-state index contributed by atoms with van der Waals surface area (Å²) in [6.07, 6.45) is 0.925. The summed E-state index contributed by atoms with van der Waals surface area (Å²) >= 11 is 0. The van der Waals surface area contributed by atoms with E-state index in [1.165, 1.54) is 5.56 Å². The highest BCUT2D eigenvalue weighted by molar-refractivity contribution is 5.87. The number of fused-ring (bicyclic) bond motifs is 1. The molecule has 1 aliphatic carbocycles. The van der Waals surface area contributed by atoms with E-state index in [-0.39, 0.29) is 11.7 Å². The summed E-state index contributed by atoms with van der Waals surface area (Å²) in [7, 11) is 0. The van der Waals surface area contributed by atoms with Gasteiger partial charge in [0.05, 0.1) is 0 Å². The third-order valence-electron chi connectivity index (χ3n) is 7.81. The summed E-state index contributed by atoms with van der Waals surface area (Å²) in [4.78, 5) is 32.7. The van der Waals surface area contributed by atoms with Crippen LogP contribution in [0.3, 0.4) is 0 Å². The molecule has 3 aliphatic rings. The van der Waals surface area contributed by atoms with Gasteiger partial charge in [-0.05, 0) is 68.3 Å². The topological polar surface area (TPSA) is 65.6 Å². The summed E-state index contributed by atoms with van der Waals surface area (Å²) in [6, 6.07) is 17.1. The van der Waals surface area contributed by atoms with Crippen LogP contribution < -0.4 is 5.56 Å². The van der Waals surface area contributed by atoms with Crippen LogP contribution in [0.5, 0.6) is 0 Å². The van der Waals surface area contributed by atoms with Crippen LogP contribution in [0.4, 0.5) is 4.79 Å². The van der Waals surface area contributed by atoms with E-state index in [2.05, 4.69) is 40.2 Å². The number of H-pyrrole nitrogens is 1. The molecule has 3 aromatic rings. The van der Waals surface area contributed by atoms with Crippen LogP contribution in [0.2, 0.25) is 0 Å². The number of hydrogen-bond acceptors (Lipinski definition) is 4. The van der Waals surface area contributed by atoms with Gasteiger partial charge in [0, 0.05) is 48.2 Å². The fourth-order valence-electron chi connectivity index (χ4n) is 6.01. The van der Waals surface area contributed by atoms with Crippen molar-refractivity contribution in [2.75, 3.05) is 13.1 Å². The molecule has 2 aromatic carbocycles. The number of ether oxygens (including phenoxy) is 1. The predicted octanol–water partition coefficient (Wildman–Crippen LogP) is 4.70. The molecule has 3 unspecified atom stereocenters. The first-order valence-electron chi connectivity index (χ1n) is 12.1. The van der Waals surface area contributed by atoms with Gasteiger partial charge in [0.25, 0.3) is 5.56 Å². The Labute approximate surface area is 199 Å². The lowest BCUT2D eigenvalue weighted by atomic mass is 9.86. The van der Waals surface area contributed by atoms with E-state index >= 15 is 0 Å². The highest BCUT2D eigenvalue weighted by Crippen LogP contribution is 2.65. The first-order valence-corrected chi connectivity index (χ1v) is 12.1. The van der Waals surface area contributed by atoms with Crippen molar-refractivity contribution in [1.29, 1.82) is 0 Å².